The van der Waals surface area contributed by atoms with Crippen LogP contribution in [0, 0.1) is 0 Å². The Morgan fingerprint density at radius 2 is 1.68 bits per heavy atom. The first-order valence-corrected chi connectivity index (χ1v) is 11.7. The van der Waals surface area contributed by atoms with Gasteiger partial charge < -0.3 is 9.64 Å². The third-order valence-corrected chi connectivity index (χ3v) is 6.48. The van der Waals surface area contributed by atoms with Crippen LogP contribution in [0.1, 0.15) is 23.6 Å². The van der Waals surface area contributed by atoms with E-state index in [0.717, 1.165) is 54.6 Å². The zero-order valence-electron chi connectivity index (χ0n) is 19.4. The van der Waals surface area contributed by atoms with Gasteiger partial charge in [0.2, 0.25) is 0 Å². The molecule has 0 saturated carbocycles. The Balaban J connectivity index is 1.30. The number of hydrogen-bond donors (Lipinski definition) is 0. The zero-order valence-corrected chi connectivity index (χ0v) is 19.4. The smallest absolute Gasteiger partial charge is 0.257 e. The maximum atomic E-state index is 13.5. The zero-order chi connectivity index (χ0) is 23.3. The van der Waals surface area contributed by atoms with Crippen molar-refractivity contribution in [2.45, 2.75) is 12.5 Å². The molecule has 0 spiro atoms. The maximum absolute atomic E-state index is 13.5. The second-order valence-corrected chi connectivity index (χ2v) is 8.60. The number of amides is 1. The first kappa shape index (κ1) is 22.1. The molecule has 1 saturated heterocycles. The molecule has 7 heteroatoms. The highest BCUT2D eigenvalue weighted by Crippen LogP contribution is 2.33. The number of ether oxygens (including phenoxy) is 1. The minimum absolute atomic E-state index is 0.0260. The molecular formula is C27H29N5O2. The fourth-order valence-corrected chi connectivity index (χ4v) is 4.57. The SMILES string of the molecule is COc1ccc(C2CC(c3ccccc3)=NN2C(=O)CN2CCN(c3ccccn3)CC2)cc1. The van der Waals surface area contributed by atoms with Gasteiger partial charge in [-0.05, 0) is 35.4 Å². The predicted octanol–water partition coefficient (Wildman–Crippen LogP) is 3.59. The van der Waals surface area contributed by atoms with Gasteiger partial charge in [0.15, 0.2) is 0 Å². The molecule has 7 nitrogen and oxygen atoms in total. The van der Waals surface area contributed by atoms with Gasteiger partial charge in [-0.1, -0.05) is 48.5 Å². The number of benzene rings is 2. The quantitative estimate of drug-likeness (QED) is 0.569. The third-order valence-electron chi connectivity index (χ3n) is 6.48. The summed E-state index contributed by atoms with van der Waals surface area (Å²) < 4.78 is 5.31. The van der Waals surface area contributed by atoms with Crippen LogP contribution < -0.4 is 9.64 Å². The number of nitrogens with zero attached hydrogens (tertiary/aromatic N) is 5. The van der Waals surface area contributed by atoms with Crippen molar-refractivity contribution in [2.24, 2.45) is 5.10 Å². The summed E-state index contributed by atoms with van der Waals surface area (Å²) in [5.41, 5.74) is 3.05. The van der Waals surface area contributed by atoms with Crippen molar-refractivity contribution in [3.05, 3.63) is 90.1 Å². The Morgan fingerprint density at radius 3 is 2.35 bits per heavy atom. The van der Waals surface area contributed by atoms with Crippen LogP contribution >= 0.6 is 0 Å². The standard InChI is InChI=1S/C27H29N5O2/c1-34-23-12-10-22(11-13-23)25-19-24(21-7-3-2-4-8-21)29-32(25)27(33)20-30-15-17-31(18-16-30)26-9-5-6-14-28-26/h2-14,25H,15-20H2,1H3. The van der Waals surface area contributed by atoms with Gasteiger partial charge >= 0.3 is 0 Å². The molecule has 1 atom stereocenters. The molecule has 0 radical (unpaired) electrons. The number of aromatic nitrogens is 1. The van der Waals surface area contributed by atoms with Crippen molar-refractivity contribution < 1.29 is 9.53 Å². The molecule has 174 valence electrons. The third kappa shape index (κ3) is 4.79. The van der Waals surface area contributed by atoms with Gasteiger partial charge in [-0.3, -0.25) is 9.69 Å². The van der Waals surface area contributed by atoms with Crippen LogP contribution in [0.25, 0.3) is 0 Å². The lowest BCUT2D eigenvalue weighted by atomic mass is 9.98. The molecular weight excluding hydrogens is 426 g/mol. The first-order valence-electron chi connectivity index (χ1n) is 11.7. The Kier molecular flexibility index (Phi) is 6.53. The monoisotopic (exact) mass is 455 g/mol. The van der Waals surface area contributed by atoms with Crippen molar-refractivity contribution in [1.29, 1.82) is 0 Å². The fraction of sp³-hybridized carbons (Fsp3) is 0.296. The van der Waals surface area contributed by atoms with Crippen molar-refractivity contribution in [2.75, 3.05) is 44.7 Å². The number of pyridine rings is 1. The largest absolute Gasteiger partial charge is 0.497 e. The number of methoxy groups -OCH3 is 1. The number of hydrogen-bond acceptors (Lipinski definition) is 6. The lowest BCUT2D eigenvalue weighted by Crippen LogP contribution is -2.49. The average Bonchev–Trinajstić information content (AvgIpc) is 3.36. The van der Waals surface area contributed by atoms with Crippen LogP contribution in [0.4, 0.5) is 5.82 Å². The van der Waals surface area contributed by atoms with E-state index in [1.165, 1.54) is 0 Å². The highest BCUT2D eigenvalue weighted by atomic mass is 16.5. The molecule has 2 aromatic carbocycles. The number of piperazine rings is 1. The van der Waals surface area contributed by atoms with Crippen LogP contribution in [-0.4, -0.2) is 66.3 Å². The minimum Gasteiger partial charge on any atom is -0.497 e. The molecule has 0 aliphatic carbocycles. The summed E-state index contributed by atoms with van der Waals surface area (Å²) in [5.74, 6) is 1.82. The Morgan fingerprint density at radius 1 is 0.941 bits per heavy atom. The van der Waals surface area contributed by atoms with E-state index in [4.69, 9.17) is 9.84 Å². The number of anilines is 1. The molecule has 1 fully saturated rings. The van der Waals surface area contributed by atoms with Crippen molar-refractivity contribution in [3.8, 4) is 5.75 Å². The first-order chi connectivity index (χ1) is 16.7. The fourth-order valence-electron chi connectivity index (χ4n) is 4.57. The molecule has 1 aromatic heterocycles. The summed E-state index contributed by atoms with van der Waals surface area (Å²) >= 11 is 0. The van der Waals surface area contributed by atoms with E-state index in [2.05, 4.69) is 26.9 Å². The molecule has 2 aliphatic heterocycles. The van der Waals surface area contributed by atoms with E-state index in [9.17, 15) is 4.79 Å². The Hall–Kier alpha value is -3.71. The number of carbonyl (C=O) groups is 1. The topological polar surface area (TPSA) is 61.3 Å². The van der Waals surface area contributed by atoms with Gasteiger partial charge in [0.25, 0.3) is 5.91 Å². The molecule has 0 bridgehead atoms. The van der Waals surface area contributed by atoms with Crippen LogP contribution in [0.3, 0.4) is 0 Å². The normalized spacial score (nSPS) is 18.6. The summed E-state index contributed by atoms with van der Waals surface area (Å²) in [7, 11) is 1.66. The van der Waals surface area contributed by atoms with Crippen molar-refractivity contribution in [3.63, 3.8) is 0 Å². The summed E-state index contributed by atoms with van der Waals surface area (Å²) in [4.78, 5) is 22.4. The molecule has 1 amide bonds. The minimum atomic E-state index is -0.122. The Bertz CT molecular complexity index is 1130. The van der Waals surface area contributed by atoms with E-state index < -0.39 is 0 Å². The maximum Gasteiger partial charge on any atom is 0.257 e. The van der Waals surface area contributed by atoms with Crippen molar-refractivity contribution in [1.82, 2.24) is 14.9 Å². The Labute approximate surface area is 200 Å². The summed E-state index contributed by atoms with van der Waals surface area (Å²) in [6.45, 7) is 3.70. The van der Waals surface area contributed by atoms with Gasteiger partial charge in [0.05, 0.1) is 25.4 Å². The number of rotatable bonds is 6. The van der Waals surface area contributed by atoms with E-state index in [0.29, 0.717) is 13.0 Å². The predicted molar refractivity (Wildman–Crippen MR) is 133 cm³/mol. The summed E-state index contributed by atoms with van der Waals surface area (Å²) in [6, 6.07) is 23.9. The molecule has 1 unspecified atom stereocenters. The van der Waals surface area contributed by atoms with E-state index >= 15 is 0 Å². The lowest BCUT2D eigenvalue weighted by Gasteiger charge is -2.35. The van der Waals surface area contributed by atoms with Gasteiger partial charge in [-0.25, -0.2) is 9.99 Å². The van der Waals surface area contributed by atoms with Gasteiger partial charge in [0, 0.05) is 38.8 Å². The molecule has 3 heterocycles. The van der Waals surface area contributed by atoms with E-state index in [1.54, 1.807) is 12.1 Å². The average molecular weight is 456 g/mol. The second-order valence-electron chi connectivity index (χ2n) is 8.60. The number of carbonyl (C=O) groups excluding carboxylic acids is 1. The highest BCUT2D eigenvalue weighted by molar-refractivity contribution is 6.03. The summed E-state index contributed by atoms with van der Waals surface area (Å²) in [6.07, 6.45) is 2.51. The van der Waals surface area contributed by atoms with Gasteiger partial charge in [0.1, 0.15) is 11.6 Å². The second kappa shape index (κ2) is 10.1. The van der Waals surface area contributed by atoms with E-state index in [-0.39, 0.29) is 11.9 Å². The van der Waals surface area contributed by atoms with Crippen LogP contribution in [0.5, 0.6) is 5.75 Å². The summed E-state index contributed by atoms with van der Waals surface area (Å²) in [5, 5.41) is 6.50. The van der Waals surface area contributed by atoms with E-state index in [1.807, 2.05) is 66.9 Å². The molecule has 34 heavy (non-hydrogen) atoms. The van der Waals surface area contributed by atoms with Gasteiger partial charge in [-0.15, -0.1) is 0 Å². The highest BCUT2D eigenvalue weighted by Gasteiger charge is 2.34. The van der Waals surface area contributed by atoms with Crippen LogP contribution in [0.15, 0.2) is 84.1 Å². The van der Waals surface area contributed by atoms with Gasteiger partial charge in [-0.2, -0.15) is 5.10 Å². The molecule has 2 aliphatic rings. The lowest BCUT2D eigenvalue weighted by molar-refractivity contribution is -0.134. The number of hydrazone groups is 1. The van der Waals surface area contributed by atoms with Crippen LogP contribution in [-0.2, 0) is 4.79 Å². The molecule has 5 rings (SSSR count). The van der Waals surface area contributed by atoms with Crippen LogP contribution in [0.2, 0.25) is 0 Å². The van der Waals surface area contributed by atoms with Crippen molar-refractivity contribution >= 4 is 17.4 Å². The molecule has 0 N–H and O–H groups in total. The molecule has 3 aromatic rings.